The van der Waals surface area contributed by atoms with Gasteiger partial charge in [0.1, 0.15) is 11.5 Å². The van der Waals surface area contributed by atoms with Crippen molar-refractivity contribution in [3.63, 3.8) is 0 Å². The number of allylic oxidation sites excluding steroid dienone is 1. The van der Waals surface area contributed by atoms with Crippen molar-refractivity contribution in [1.29, 1.82) is 0 Å². The van der Waals surface area contributed by atoms with Crippen molar-refractivity contribution in [2.75, 3.05) is 38.3 Å². The fourth-order valence-corrected chi connectivity index (χ4v) is 4.44. The number of benzene rings is 1. The Balaban J connectivity index is 1.65. The Bertz CT molecular complexity index is 805. The normalized spacial score (nSPS) is 24.3. The van der Waals surface area contributed by atoms with Crippen LogP contribution in [0.2, 0.25) is 0 Å². The molecule has 1 aliphatic carbocycles. The van der Waals surface area contributed by atoms with Crippen LogP contribution >= 0.6 is 0 Å². The molecule has 0 radical (unpaired) electrons. The van der Waals surface area contributed by atoms with Gasteiger partial charge in [0.05, 0.1) is 24.9 Å². The minimum absolute atomic E-state index is 0.205. The first kappa shape index (κ1) is 19.1. The lowest BCUT2D eigenvalue weighted by atomic mass is 9.94. The van der Waals surface area contributed by atoms with Crippen LogP contribution in [0, 0.1) is 5.82 Å². The molecule has 0 unspecified atom stereocenters. The highest BCUT2D eigenvalue weighted by Crippen LogP contribution is 2.31. The SMILES string of the molecule is C/C=C1/C(c2ccc(N3CCOCC3)c(F)c2)=NN(C2CCCCC2)C1=NC. The molecule has 150 valence electrons. The third kappa shape index (κ3) is 3.58. The molecule has 6 heteroatoms. The predicted molar refractivity (Wildman–Crippen MR) is 112 cm³/mol. The summed E-state index contributed by atoms with van der Waals surface area (Å²) < 4.78 is 20.3. The number of hydrogen-bond acceptors (Lipinski definition) is 4. The minimum atomic E-state index is -0.205. The van der Waals surface area contributed by atoms with Gasteiger partial charge in [0.15, 0.2) is 5.84 Å². The van der Waals surface area contributed by atoms with Gasteiger partial charge in [-0.05, 0) is 31.9 Å². The molecule has 3 aliphatic rings. The van der Waals surface area contributed by atoms with E-state index in [2.05, 4.69) is 10.0 Å². The molecule has 2 heterocycles. The van der Waals surface area contributed by atoms with E-state index in [4.69, 9.17) is 9.84 Å². The molecule has 1 saturated heterocycles. The summed E-state index contributed by atoms with van der Waals surface area (Å²) in [5, 5.41) is 7.00. The van der Waals surface area contributed by atoms with Crippen LogP contribution in [0.15, 0.2) is 39.9 Å². The van der Waals surface area contributed by atoms with Crippen molar-refractivity contribution in [2.45, 2.75) is 45.1 Å². The van der Waals surface area contributed by atoms with Gasteiger partial charge in [-0.25, -0.2) is 9.40 Å². The van der Waals surface area contributed by atoms with Crippen LogP contribution in [-0.2, 0) is 4.74 Å². The Kier molecular flexibility index (Phi) is 5.76. The number of amidine groups is 1. The highest BCUT2D eigenvalue weighted by Gasteiger charge is 2.33. The van der Waals surface area contributed by atoms with Gasteiger partial charge in [0.25, 0.3) is 0 Å². The summed E-state index contributed by atoms with van der Waals surface area (Å²) >= 11 is 0. The second-order valence-electron chi connectivity index (χ2n) is 7.60. The zero-order valence-corrected chi connectivity index (χ0v) is 16.8. The summed E-state index contributed by atoms with van der Waals surface area (Å²) in [6.45, 7) is 4.73. The highest BCUT2D eigenvalue weighted by molar-refractivity contribution is 6.32. The predicted octanol–water partition coefficient (Wildman–Crippen LogP) is 3.99. The summed E-state index contributed by atoms with van der Waals surface area (Å²) in [6.07, 6.45) is 8.07. The summed E-state index contributed by atoms with van der Waals surface area (Å²) in [6, 6.07) is 5.86. The van der Waals surface area contributed by atoms with E-state index in [0.29, 0.717) is 24.9 Å². The molecule has 1 saturated carbocycles. The standard InChI is InChI=1S/C22H29FN4O/c1-3-18-21(25-27(22(18)24-2)17-7-5-4-6-8-17)16-9-10-20(19(23)15-16)26-11-13-28-14-12-26/h3,9-10,15,17H,4-8,11-14H2,1-2H3/b18-3-,24-22?. The van der Waals surface area contributed by atoms with Crippen molar-refractivity contribution in [3.05, 3.63) is 41.2 Å². The number of aliphatic imine (C=N–C) groups is 1. The van der Waals surface area contributed by atoms with Crippen molar-refractivity contribution < 1.29 is 9.13 Å². The molecule has 1 aromatic rings. The van der Waals surface area contributed by atoms with Gasteiger partial charge >= 0.3 is 0 Å². The average Bonchev–Trinajstić information content (AvgIpc) is 3.13. The maximum Gasteiger partial charge on any atom is 0.153 e. The van der Waals surface area contributed by atoms with Gasteiger partial charge in [-0.15, -0.1) is 0 Å². The molecule has 0 amide bonds. The Hall–Kier alpha value is -2.21. The average molecular weight is 384 g/mol. The molecular weight excluding hydrogens is 355 g/mol. The van der Waals surface area contributed by atoms with Crippen LogP contribution in [0.1, 0.15) is 44.6 Å². The van der Waals surface area contributed by atoms with Crippen molar-refractivity contribution in [1.82, 2.24) is 5.01 Å². The van der Waals surface area contributed by atoms with E-state index in [9.17, 15) is 4.39 Å². The van der Waals surface area contributed by atoms with Gasteiger partial charge in [0.2, 0.25) is 0 Å². The Labute approximate surface area is 166 Å². The van der Waals surface area contributed by atoms with E-state index < -0.39 is 0 Å². The summed E-state index contributed by atoms with van der Waals surface area (Å²) in [7, 11) is 1.81. The zero-order chi connectivity index (χ0) is 19.5. The molecule has 0 bridgehead atoms. The molecule has 2 aliphatic heterocycles. The first-order valence-electron chi connectivity index (χ1n) is 10.4. The van der Waals surface area contributed by atoms with Gasteiger partial charge in [-0.1, -0.05) is 31.4 Å². The maximum absolute atomic E-state index is 14.9. The molecule has 0 N–H and O–H groups in total. The summed E-state index contributed by atoms with van der Waals surface area (Å²) in [5.41, 5.74) is 3.26. The molecule has 1 aromatic carbocycles. The quantitative estimate of drug-likeness (QED) is 0.791. The number of morpholine rings is 1. The highest BCUT2D eigenvalue weighted by atomic mass is 19.1. The fourth-order valence-electron chi connectivity index (χ4n) is 4.44. The Morgan fingerprint density at radius 1 is 1.18 bits per heavy atom. The van der Waals surface area contributed by atoms with Crippen LogP contribution in [-0.4, -0.2) is 55.9 Å². The van der Waals surface area contributed by atoms with Crippen LogP contribution in [0.4, 0.5) is 10.1 Å². The molecule has 28 heavy (non-hydrogen) atoms. The number of nitrogens with zero attached hydrogens (tertiary/aromatic N) is 4. The lowest BCUT2D eigenvalue weighted by molar-refractivity contribution is 0.122. The number of ether oxygens (including phenoxy) is 1. The number of halogens is 1. The molecular formula is C22H29FN4O. The molecule has 5 nitrogen and oxygen atoms in total. The Morgan fingerprint density at radius 3 is 2.57 bits per heavy atom. The second kappa shape index (κ2) is 8.43. The second-order valence-corrected chi connectivity index (χ2v) is 7.60. The van der Waals surface area contributed by atoms with Crippen LogP contribution < -0.4 is 4.90 Å². The van der Waals surface area contributed by atoms with E-state index >= 15 is 0 Å². The molecule has 4 rings (SSSR count). The summed E-state index contributed by atoms with van der Waals surface area (Å²) in [4.78, 5) is 6.57. The van der Waals surface area contributed by atoms with Gasteiger partial charge < -0.3 is 9.64 Å². The third-order valence-corrected chi connectivity index (χ3v) is 5.91. The minimum Gasteiger partial charge on any atom is -0.378 e. The van der Waals surface area contributed by atoms with Gasteiger partial charge in [-0.2, -0.15) is 5.10 Å². The molecule has 2 fully saturated rings. The monoisotopic (exact) mass is 384 g/mol. The summed E-state index contributed by atoms with van der Waals surface area (Å²) in [5.74, 6) is 0.700. The zero-order valence-electron chi connectivity index (χ0n) is 16.8. The number of anilines is 1. The van der Waals surface area contributed by atoms with Crippen molar-refractivity contribution in [2.24, 2.45) is 10.1 Å². The van der Waals surface area contributed by atoms with Crippen LogP contribution in [0.3, 0.4) is 0 Å². The van der Waals surface area contributed by atoms with Crippen LogP contribution in [0.5, 0.6) is 0 Å². The van der Waals surface area contributed by atoms with Crippen LogP contribution in [0.25, 0.3) is 0 Å². The van der Waals surface area contributed by atoms with E-state index in [1.807, 2.05) is 37.1 Å². The molecule has 0 spiro atoms. The largest absolute Gasteiger partial charge is 0.378 e. The van der Waals surface area contributed by atoms with Gasteiger partial charge in [-0.3, -0.25) is 4.99 Å². The first-order valence-corrected chi connectivity index (χ1v) is 10.4. The lowest BCUT2D eigenvalue weighted by Gasteiger charge is -2.29. The number of hydrazone groups is 1. The molecule has 0 atom stereocenters. The van der Waals surface area contributed by atoms with Crippen molar-refractivity contribution in [3.8, 4) is 0 Å². The third-order valence-electron chi connectivity index (χ3n) is 5.91. The fraction of sp³-hybridized carbons (Fsp3) is 0.545. The van der Waals surface area contributed by atoms with Crippen molar-refractivity contribution >= 4 is 17.2 Å². The maximum atomic E-state index is 14.9. The number of rotatable bonds is 3. The van der Waals surface area contributed by atoms with E-state index in [1.54, 1.807) is 6.07 Å². The first-order chi connectivity index (χ1) is 13.7. The van der Waals surface area contributed by atoms with Gasteiger partial charge in [0, 0.05) is 31.3 Å². The number of hydrogen-bond donors (Lipinski definition) is 0. The Morgan fingerprint density at radius 2 is 1.93 bits per heavy atom. The molecule has 0 aromatic heterocycles. The topological polar surface area (TPSA) is 40.4 Å². The van der Waals surface area contributed by atoms with E-state index in [0.717, 1.165) is 48.6 Å². The van der Waals surface area contributed by atoms with E-state index in [-0.39, 0.29) is 5.82 Å². The smallest absolute Gasteiger partial charge is 0.153 e. The lowest BCUT2D eigenvalue weighted by Crippen LogP contribution is -2.36. The van der Waals surface area contributed by atoms with E-state index in [1.165, 1.54) is 19.3 Å².